The van der Waals surface area contributed by atoms with Crippen LogP contribution in [0.2, 0.25) is 12.1 Å². The lowest BCUT2D eigenvalue weighted by molar-refractivity contribution is -0.0610. The Bertz CT molecular complexity index is 1260. The molecule has 0 N–H and O–H groups in total. The number of hydrogen-bond acceptors (Lipinski definition) is 12. The molecule has 0 saturated carbocycles. The first-order valence-corrected chi connectivity index (χ1v) is 27.6. The summed E-state index contributed by atoms with van der Waals surface area (Å²) in [5, 5.41) is 0. The second kappa shape index (κ2) is 34.4. The quantitative estimate of drug-likeness (QED) is 0.0467. The molecule has 0 fully saturated rings. The molecule has 0 radical (unpaired) electrons. The summed E-state index contributed by atoms with van der Waals surface area (Å²) < 4.78 is 72.4. The highest BCUT2D eigenvalue weighted by atomic mass is 28.4. The Morgan fingerprint density at radius 2 is 0.806 bits per heavy atom. The number of ether oxygens (including phenoxy) is 6. The van der Waals surface area contributed by atoms with Crippen LogP contribution in [0.3, 0.4) is 0 Å². The summed E-state index contributed by atoms with van der Waals surface area (Å²) in [7, 11) is -3.68. The third kappa shape index (κ3) is 23.3. The molecule has 1 atom stereocenters. The molecule has 0 saturated heterocycles. The predicted molar refractivity (Wildman–Crippen MR) is 252 cm³/mol. The number of rotatable bonds is 42. The summed E-state index contributed by atoms with van der Waals surface area (Å²) in [6.45, 7) is 24.4. The number of hydrogen-bond donors (Lipinski definition) is 0. The van der Waals surface area contributed by atoms with Crippen molar-refractivity contribution in [3.05, 3.63) is 48.5 Å². The van der Waals surface area contributed by atoms with E-state index in [1.807, 2.05) is 53.7 Å². The van der Waals surface area contributed by atoms with Gasteiger partial charge in [-0.15, -0.1) is 0 Å². The normalized spacial score (nSPS) is 12.9. The smallest absolute Gasteiger partial charge is 0.494 e. The van der Waals surface area contributed by atoms with Crippen molar-refractivity contribution in [2.75, 3.05) is 99.6 Å². The van der Waals surface area contributed by atoms with E-state index in [2.05, 4.69) is 50.2 Å². The fraction of sp³-hybridized carbons (Fsp3) is 0.750. The maximum Gasteiger partial charge on any atom is 0.501 e. The lowest BCUT2D eigenvalue weighted by atomic mass is 9.94. The minimum atomic E-state index is -2.70. The maximum absolute atomic E-state index is 6.28. The van der Waals surface area contributed by atoms with Crippen molar-refractivity contribution < 1.29 is 55.0 Å². The van der Waals surface area contributed by atoms with E-state index >= 15 is 0 Å². The van der Waals surface area contributed by atoms with Crippen LogP contribution in [0, 0.1) is 5.41 Å². The van der Waals surface area contributed by atoms with Gasteiger partial charge in [-0.3, -0.25) is 0 Å². The zero-order valence-corrected chi connectivity index (χ0v) is 42.3. The Labute approximate surface area is 378 Å². The molecule has 2 rings (SSSR count). The van der Waals surface area contributed by atoms with Gasteiger partial charge in [0.15, 0.2) is 0 Å². The van der Waals surface area contributed by atoms with E-state index in [0.717, 1.165) is 92.9 Å². The maximum atomic E-state index is 6.28. The summed E-state index contributed by atoms with van der Waals surface area (Å²) in [5.41, 5.74) is 2.00. The second-order valence-electron chi connectivity index (χ2n) is 15.7. The Morgan fingerprint density at radius 3 is 1.18 bits per heavy atom. The number of unbranched alkanes of at least 4 members (excludes halogenated alkanes) is 5. The Balaban J connectivity index is 1.73. The molecule has 0 aliphatic rings. The molecule has 0 bridgehead atoms. The van der Waals surface area contributed by atoms with Crippen LogP contribution in [0.1, 0.15) is 113 Å². The van der Waals surface area contributed by atoms with Gasteiger partial charge < -0.3 is 55.0 Å². The van der Waals surface area contributed by atoms with Gasteiger partial charge in [0.05, 0.1) is 32.5 Å². The van der Waals surface area contributed by atoms with Gasteiger partial charge in [-0.05, 0) is 109 Å². The molecule has 0 aromatic heterocycles. The SMILES string of the molecule is CCO[Si](CCCOCC(C)(COCCCCCCCCOc1ccc(-c2ccc(OCC(CC)OC)cc2)cc1)COCCC[Si](OCC)(OCC)OCC)(OCC)OCC. The van der Waals surface area contributed by atoms with Gasteiger partial charge >= 0.3 is 17.6 Å². The lowest BCUT2D eigenvalue weighted by Crippen LogP contribution is -2.46. The average molecular weight is 911 g/mol. The molecule has 62 heavy (non-hydrogen) atoms. The molecule has 0 spiro atoms. The average Bonchev–Trinajstić information content (AvgIpc) is 3.27. The van der Waals surface area contributed by atoms with E-state index in [1.165, 1.54) is 12.8 Å². The molecule has 0 heterocycles. The van der Waals surface area contributed by atoms with Crippen LogP contribution in [0.4, 0.5) is 0 Å². The number of benzene rings is 2. The first-order chi connectivity index (χ1) is 30.2. The van der Waals surface area contributed by atoms with Gasteiger partial charge in [0, 0.05) is 84.1 Å². The fourth-order valence-corrected chi connectivity index (χ4v) is 12.3. The molecule has 2 aromatic rings. The van der Waals surface area contributed by atoms with E-state index in [4.69, 9.17) is 55.0 Å². The van der Waals surface area contributed by atoms with Crippen molar-refractivity contribution in [1.29, 1.82) is 0 Å². The minimum Gasteiger partial charge on any atom is -0.494 e. The summed E-state index contributed by atoms with van der Waals surface area (Å²) in [6, 6.07) is 18.0. The fourth-order valence-electron chi connectivity index (χ4n) is 7.10. The van der Waals surface area contributed by atoms with Crippen LogP contribution >= 0.6 is 0 Å². The lowest BCUT2D eigenvalue weighted by Gasteiger charge is -2.31. The highest BCUT2D eigenvalue weighted by Gasteiger charge is 2.41. The summed E-state index contributed by atoms with van der Waals surface area (Å²) in [5.74, 6) is 1.76. The van der Waals surface area contributed by atoms with E-state index in [-0.39, 0.29) is 11.5 Å². The molecule has 0 aliphatic carbocycles. The minimum absolute atomic E-state index is 0.110. The van der Waals surface area contributed by atoms with Gasteiger partial charge in [0.1, 0.15) is 18.1 Å². The van der Waals surface area contributed by atoms with Gasteiger partial charge in [-0.25, -0.2) is 0 Å². The molecule has 14 heteroatoms. The summed E-state index contributed by atoms with van der Waals surface area (Å²) >= 11 is 0. The highest BCUT2D eigenvalue weighted by Crippen LogP contribution is 2.26. The van der Waals surface area contributed by atoms with Crippen LogP contribution < -0.4 is 9.47 Å². The molecular formula is C48H86O12Si2. The molecule has 0 aliphatic heterocycles. The first-order valence-electron chi connectivity index (χ1n) is 23.7. The molecule has 2 aromatic carbocycles. The van der Waals surface area contributed by atoms with Crippen molar-refractivity contribution in [3.8, 4) is 22.6 Å². The van der Waals surface area contributed by atoms with E-state index in [1.54, 1.807) is 7.11 Å². The van der Waals surface area contributed by atoms with E-state index < -0.39 is 17.6 Å². The standard InChI is InChI=1S/C48H86O12Si2/c1-10-45(49-9)39-54-47-31-27-44(28-32-47)43-25-29-46(30-26-43)53-36-22-20-18-17-19-21-33-50-40-48(8,41-51-34-23-37-61(55-11-2,56-12-3)57-13-4)42-52-35-24-38-62(58-14-5,59-15-6)60-16-7/h25-32,45H,10-24,33-42H2,1-9H3. The topological polar surface area (TPSA) is 111 Å². The van der Waals surface area contributed by atoms with Gasteiger partial charge in [-0.1, -0.05) is 63.8 Å². The summed E-state index contributed by atoms with van der Waals surface area (Å²) in [4.78, 5) is 0. The molecule has 12 nitrogen and oxygen atoms in total. The van der Waals surface area contributed by atoms with Crippen molar-refractivity contribution in [2.24, 2.45) is 5.41 Å². The molecule has 358 valence electrons. The van der Waals surface area contributed by atoms with Crippen LogP contribution in [-0.2, 0) is 45.5 Å². The third-order valence-corrected chi connectivity index (χ3v) is 16.6. The van der Waals surface area contributed by atoms with Crippen LogP contribution in [-0.4, -0.2) is 123 Å². The van der Waals surface area contributed by atoms with Crippen molar-refractivity contribution in [1.82, 2.24) is 0 Å². The van der Waals surface area contributed by atoms with Crippen molar-refractivity contribution >= 4 is 17.6 Å². The highest BCUT2D eigenvalue weighted by molar-refractivity contribution is 6.61. The van der Waals surface area contributed by atoms with Gasteiger partial charge in [0.25, 0.3) is 0 Å². The van der Waals surface area contributed by atoms with E-state index in [9.17, 15) is 0 Å². The Hall–Kier alpha value is -1.93. The second-order valence-corrected chi connectivity index (χ2v) is 21.2. The van der Waals surface area contributed by atoms with Crippen LogP contribution in [0.25, 0.3) is 11.1 Å². The van der Waals surface area contributed by atoms with Crippen molar-refractivity contribution in [3.63, 3.8) is 0 Å². The summed E-state index contributed by atoms with van der Waals surface area (Å²) in [6.07, 6.45) is 9.36. The Morgan fingerprint density at radius 1 is 0.452 bits per heavy atom. The molecular weight excluding hydrogens is 825 g/mol. The molecule has 1 unspecified atom stereocenters. The zero-order chi connectivity index (χ0) is 45.2. The van der Waals surface area contributed by atoms with Gasteiger partial charge in [-0.2, -0.15) is 0 Å². The monoisotopic (exact) mass is 911 g/mol. The largest absolute Gasteiger partial charge is 0.501 e. The van der Waals surface area contributed by atoms with Crippen LogP contribution in [0.5, 0.6) is 11.5 Å². The molecule has 0 amide bonds. The zero-order valence-electron chi connectivity index (χ0n) is 40.3. The van der Waals surface area contributed by atoms with Gasteiger partial charge in [0.2, 0.25) is 0 Å². The van der Waals surface area contributed by atoms with Crippen LogP contribution in [0.15, 0.2) is 48.5 Å². The number of methoxy groups -OCH3 is 1. The predicted octanol–water partition coefficient (Wildman–Crippen LogP) is 10.8. The van der Waals surface area contributed by atoms with E-state index in [0.29, 0.717) is 79.3 Å². The van der Waals surface area contributed by atoms with Crippen molar-refractivity contribution in [2.45, 2.75) is 131 Å². The Kier molecular flexibility index (Phi) is 31.2. The first kappa shape index (κ1) is 56.2. The third-order valence-electron chi connectivity index (χ3n) is 10.3.